The number of aryl methyl sites for hydroxylation is 1. The highest BCUT2D eigenvalue weighted by molar-refractivity contribution is 5.79. The molecule has 2 aromatic rings. The first kappa shape index (κ1) is 9.25. The van der Waals surface area contributed by atoms with E-state index in [1.165, 1.54) is 16.5 Å². The molecule has 0 amide bonds. The minimum atomic E-state index is 0.0511. The van der Waals surface area contributed by atoms with Gasteiger partial charge in [-0.3, -0.25) is 4.68 Å². The Kier molecular flexibility index (Phi) is 1.88. The fourth-order valence-electron chi connectivity index (χ4n) is 1.66. The number of rotatable bonds is 0. The normalized spacial score (nSPS) is 12.3. The van der Waals surface area contributed by atoms with Crippen molar-refractivity contribution in [3.8, 4) is 0 Å². The highest BCUT2D eigenvalue weighted by Crippen LogP contribution is 2.22. The van der Waals surface area contributed by atoms with E-state index >= 15 is 0 Å². The van der Waals surface area contributed by atoms with Gasteiger partial charge in [0.1, 0.15) is 0 Å². The van der Waals surface area contributed by atoms with E-state index in [-0.39, 0.29) is 5.54 Å². The van der Waals surface area contributed by atoms with Gasteiger partial charge >= 0.3 is 0 Å². The Bertz CT molecular complexity index is 461. The van der Waals surface area contributed by atoms with Gasteiger partial charge in [-0.25, -0.2) is 0 Å². The second kappa shape index (κ2) is 2.84. The van der Waals surface area contributed by atoms with Crippen LogP contribution in [0.15, 0.2) is 24.4 Å². The Labute approximate surface area is 84.5 Å². The SMILES string of the molecule is Cc1ccc2cnn(C(C)(C)C)c2c1. The van der Waals surface area contributed by atoms with E-state index < -0.39 is 0 Å². The van der Waals surface area contributed by atoms with Gasteiger partial charge in [-0.15, -0.1) is 0 Å². The molecule has 0 N–H and O–H groups in total. The molecule has 2 rings (SSSR count). The Morgan fingerprint density at radius 2 is 1.93 bits per heavy atom. The number of hydrogen-bond donors (Lipinski definition) is 0. The molecule has 0 unspecified atom stereocenters. The van der Waals surface area contributed by atoms with E-state index in [1.54, 1.807) is 0 Å². The lowest BCUT2D eigenvalue weighted by Gasteiger charge is -2.20. The average molecular weight is 188 g/mol. The van der Waals surface area contributed by atoms with Crippen LogP contribution in [-0.2, 0) is 5.54 Å². The van der Waals surface area contributed by atoms with Gasteiger partial charge in [0.2, 0.25) is 0 Å². The largest absolute Gasteiger partial charge is 0.260 e. The van der Waals surface area contributed by atoms with Crippen molar-refractivity contribution in [2.75, 3.05) is 0 Å². The fourth-order valence-corrected chi connectivity index (χ4v) is 1.66. The Morgan fingerprint density at radius 1 is 1.21 bits per heavy atom. The van der Waals surface area contributed by atoms with Crippen LogP contribution in [0, 0.1) is 6.92 Å². The molecule has 0 bridgehead atoms. The standard InChI is InChI=1S/C12H16N2/c1-9-5-6-10-8-13-14(11(10)7-9)12(2,3)4/h5-8H,1-4H3. The minimum Gasteiger partial charge on any atom is -0.260 e. The molecule has 0 aliphatic rings. The summed E-state index contributed by atoms with van der Waals surface area (Å²) in [5.41, 5.74) is 2.55. The second-order valence-electron chi connectivity index (χ2n) is 4.79. The van der Waals surface area contributed by atoms with E-state index in [2.05, 4.69) is 55.7 Å². The Balaban J connectivity index is 2.73. The lowest BCUT2D eigenvalue weighted by atomic mass is 10.1. The summed E-state index contributed by atoms with van der Waals surface area (Å²) in [5.74, 6) is 0. The van der Waals surface area contributed by atoms with Gasteiger partial charge < -0.3 is 0 Å². The summed E-state index contributed by atoms with van der Waals surface area (Å²) in [6, 6.07) is 6.44. The molecule has 74 valence electrons. The predicted octanol–water partition coefficient (Wildman–Crippen LogP) is 3.10. The van der Waals surface area contributed by atoms with Gasteiger partial charge in [0.25, 0.3) is 0 Å². The third kappa shape index (κ3) is 1.41. The van der Waals surface area contributed by atoms with Crippen molar-refractivity contribution < 1.29 is 0 Å². The molecular formula is C12H16N2. The van der Waals surface area contributed by atoms with Gasteiger partial charge in [0.05, 0.1) is 17.3 Å². The van der Waals surface area contributed by atoms with Gasteiger partial charge in [0.15, 0.2) is 0 Å². The number of hydrogen-bond acceptors (Lipinski definition) is 1. The zero-order chi connectivity index (χ0) is 10.3. The topological polar surface area (TPSA) is 17.8 Å². The molecule has 0 spiro atoms. The van der Waals surface area contributed by atoms with E-state index in [9.17, 15) is 0 Å². The van der Waals surface area contributed by atoms with Crippen LogP contribution in [0.25, 0.3) is 10.9 Å². The Hall–Kier alpha value is -1.31. The molecule has 0 aliphatic carbocycles. The van der Waals surface area contributed by atoms with E-state index in [0.717, 1.165) is 0 Å². The van der Waals surface area contributed by atoms with Crippen LogP contribution in [0.3, 0.4) is 0 Å². The lowest BCUT2D eigenvalue weighted by molar-refractivity contribution is 0.368. The van der Waals surface area contributed by atoms with Crippen molar-refractivity contribution >= 4 is 10.9 Å². The molecule has 0 saturated heterocycles. The van der Waals surface area contributed by atoms with Crippen molar-refractivity contribution in [1.29, 1.82) is 0 Å². The number of nitrogens with zero attached hydrogens (tertiary/aromatic N) is 2. The smallest absolute Gasteiger partial charge is 0.0691 e. The summed E-state index contributed by atoms with van der Waals surface area (Å²) in [4.78, 5) is 0. The maximum atomic E-state index is 4.42. The zero-order valence-electron chi connectivity index (χ0n) is 9.20. The van der Waals surface area contributed by atoms with Crippen LogP contribution < -0.4 is 0 Å². The average Bonchev–Trinajstić information content (AvgIpc) is 2.45. The van der Waals surface area contributed by atoms with Crippen molar-refractivity contribution in [2.45, 2.75) is 33.2 Å². The van der Waals surface area contributed by atoms with Crippen LogP contribution in [0.5, 0.6) is 0 Å². The van der Waals surface area contributed by atoms with E-state index in [1.807, 2.05) is 6.20 Å². The van der Waals surface area contributed by atoms with Crippen LogP contribution in [0.2, 0.25) is 0 Å². The number of benzene rings is 1. The summed E-state index contributed by atoms with van der Waals surface area (Å²) in [5, 5.41) is 5.64. The van der Waals surface area contributed by atoms with Crippen molar-refractivity contribution in [1.82, 2.24) is 9.78 Å². The van der Waals surface area contributed by atoms with Crippen LogP contribution in [-0.4, -0.2) is 9.78 Å². The van der Waals surface area contributed by atoms with Crippen LogP contribution in [0.4, 0.5) is 0 Å². The zero-order valence-corrected chi connectivity index (χ0v) is 9.20. The maximum absolute atomic E-state index is 4.42. The fraction of sp³-hybridized carbons (Fsp3) is 0.417. The van der Waals surface area contributed by atoms with Gasteiger partial charge in [-0.1, -0.05) is 12.1 Å². The third-order valence-corrected chi connectivity index (χ3v) is 2.36. The molecule has 2 heteroatoms. The van der Waals surface area contributed by atoms with Gasteiger partial charge in [-0.2, -0.15) is 5.10 Å². The summed E-state index contributed by atoms with van der Waals surface area (Å²) in [6.45, 7) is 8.62. The maximum Gasteiger partial charge on any atom is 0.0691 e. The molecule has 0 radical (unpaired) electrons. The first-order valence-corrected chi connectivity index (χ1v) is 4.93. The van der Waals surface area contributed by atoms with Crippen molar-refractivity contribution in [2.24, 2.45) is 0 Å². The summed E-state index contributed by atoms with van der Waals surface area (Å²) >= 11 is 0. The molecule has 1 aromatic heterocycles. The summed E-state index contributed by atoms with van der Waals surface area (Å²) < 4.78 is 2.08. The van der Waals surface area contributed by atoms with Crippen LogP contribution in [0.1, 0.15) is 26.3 Å². The summed E-state index contributed by atoms with van der Waals surface area (Å²) in [7, 11) is 0. The predicted molar refractivity (Wildman–Crippen MR) is 59.5 cm³/mol. The molecular weight excluding hydrogens is 172 g/mol. The molecule has 0 aliphatic heterocycles. The Morgan fingerprint density at radius 3 is 2.57 bits per heavy atom. The first-order chi connectivity index (χ1) is 6.48. The van der Waals surface area contributed by atoms with Crippen LogP contribution >= 0.6 is 0 Å². The second-order valence-corrected chi connectivity index (χ2v) is 4.79. The highest BCUT2D eigenvalue weighted by atomic mass is 15.3. The van der Waals surface area contributed by atoms with Gasteiger partial charge in [-0.05, 0) is 39.3 Å². The van der Waals surface area contributed by atoms with Crippen molar-refractivity contribution in [3.05, 3.63) is 30.0 Å². The van der Waals surface area contributed by atoms with Gasteiger partial charge in [0, 0.05) is 5.39 Å². The molecule has 0 saturated carbocycles. The molecule has 2 nitrogen and oxygen atoms in total. The number of fused-ring (bicyclic) bond motifs is 1. The molecule has 1 aromatic carbocycles. The van der Waals surface area contributed by atoms with E-state index in [0.29, 0.717) is 0 Å². The lowest BCUT2D eigenvalue weighted by Crippen LogP contribution is -2.22. The monoisotopic (exact) mass is 188 g/mol. The highest BCUT2D eigenvalue weighted by Gasteiger charge is 2.16. The quantitative estimate of drug-likeness (QED) is 0.621. The first-order valence-electron chi connectivity index (χ1n) is 4.93. The minimum absolute atomic E-state index is 0.0511. The molecule has 14 heavy (non-hydrogen) atoms. The molecule has 1 heterocycles. The molecule has 0 fully saturated rings. The third-order valence-electron chi connectivity index (χ3n) is 2.36. The summed E-state index contributed by atoms with van der Waals surface area (Å²) in [6.07, 6.45) is 1.93. The number of aromatic nitrogens is 2. The molecule has 0 atom stereocenters. The van der Waals surface area contributed by atoms with E-state index in [4.69, 9.17) is 0 Å². The van der Waals surface area contributed by atoms with Crippen molar-refractivity contribution in [3.63, 3.8) is 0 Å².